The number of likely N-dealkylation sites (N-methyl/N-ethyl adjacent to an activating group) is 1. The summed E-state index contributed by atoms with van der Waals surface area (Å²) >= 11 is 0. The van der Waals surface area contributed by atoms with Crippen molar-refractivity contribution in [2.24, 2.45) is 5.73 Å². The van der Waals surface area contributed by atoms with Crippen molar-refractivity contribution in [2.45, 2.75) is 12.5 Å². The van der Waals surface area contributed by atoms with E-state index in [9.17, 15) is 4.79 Å². The molecule has 0 saturated carbocycles. The summed E-state index contributed by atoms with van der Waals surface area (Å²) in [6.45, 7) is 2.98. The van der Waals surface area contributed by atoms with Crippen molar-refractivity contribution in [3.8, 4) is 0 Å². The lowest BCUT2D eigenvalue weighted by Crippen LogP contribution is -2.35. The number of methoxy groups -OCH3 is 1. The molecular formula is C15H27Cl2N3O2. The highest BCUT2D eigenvalue weighted by Crippen LogP contribution is 2.12. The SMILES string of the molecule is COCCN(C)CCNC(=O)CC(N)c1ccccc1.Cl.Cl. The van der Waals surface area contributed by atoms with Crippen LogP contribution in [-0.2, 0) is 9.53 Å². The number of ether oxygens (including phenoxy) is 1. The number of carbonyl (C=O) groups is 1. The van der Waals surface area contributed by atoms with Gasteiger partial charge in [-0.3, -0.25) is 4.79 Å². The Labute approximate surface area is 145 Å². The number of benzene rings is 1. The third-order valence-corrected chi connectivity index (χ3v) is 3.13. The molecule has 3 N–H and O–H groups in total. The minimum Gasteiger partial charge on any atom is -0.383 e. The van der Waals surface area contributed by atoms with Crippen LogP contribution in [0.3, 0.4) is 0 Å². The summed E-state index contributed by atoms with van der Waals surface area (Å²) in [5.41, 5.74) is 6.99. The first-order valence-corrected chi connectivity index (χ1v) is 6.88. The van der Waals surface area contributed by atoms with Gasteiger partial charge in [-0.2, -0.15) is 0 Å². The van der Waals surface area contributed by atoms with Crippen molar-refractivity contribution in [1.29, 1.82) is 0 Å². The molecule has 0 aromatic heterocycles. The van der Waals surface area contributed by atoms with E-state index in [2.05, 4.69) is 10.2 Å². The molecule has 1 atom stereocenters. The van der Waals surface area contributed by atoms with Gasteiger partial charge in [0.05, 0.1) is 6.61 Å². The first-order valence-electron chi connectivity index (χ1n) is 6.88. The monoisotopic (exact) mass is 351 g/mol. The highest BCUT2D eigenvalue weighted by Gasteiger charge is 2.10. The molecule has 1 rings (SSSR count). The molecule has 128 valence electrons. The first-order chi connectivity index (χ1) is 9.63. The lowest BCUT2D eigenvalue weighted by molar-refractivity contribution is -0.121. The summed E-state index contributed by atoms with van der Waals surface area (Å²) in [4.78, 5) is 13.9. The summed E-state index contributed by atoms with van der Waals surface area (Å²) in [7, 11) is 3.68. The molecule has 0 aliphatic heterocycles. The molecular weight excluding hydrogens is 325 g/mol. The van der Waals surface area contributed by atoms with Gasteiger partial charge in [0.2, 0.25) is 5.91 Å². The number of nitrogens with zero attached hydrogens (tertiary/aromatic N) is 1. The fourth-order valence-corrected chi connectivity index (χ4v) is 1.84. The predicted molar refractivity (Wildman–Crippen MR) is 94.9 cm³/mol. The lowest BCUT2D eigenvalue weighted by Gasteiger charge is -2.17. The van der Waals surface area contributed by atoms with E-state index in [-0.39, 0.29) is 36.8 Å². The van der Waals surface area contributed by atoms with Crippen LogP contribution >= 0.6 is 24.8 Å². The second-order valence-electron chi connectivity index (χ2n) is 4.87. The van der Waals surface area contributed by atoms with Crippen LogP contribution < -0.4 is 11.1 Å². The van der Waals surface area contributed by atoms with Gasteiger partial charge in [0.1, 0.15) is 0 Å². The molecule has 0 saturated heterocycles. The van der Waals surface area contributed by atoms with Crippen LogP contribution in [0.5, 0.6) is 0 Å². The zero-order valence-corrected chi connectivity index (χ0v) is 14.8. The highest BCUT2D eigenvalue weighted by atomic mass is 35.5. The largest absolute Gasteiger partial charge is 0.383 e. The summed E-state index contributed by atoms with van der Waals surface area (Å²) < 4.78 is 5.00. The Balaban J connectivity index is 0. The number of nitrogens with one attached hydrogen (secondary N) is 1. The maximum Gasteiger partial charge on any atom is 0.221 e. The maximum atomic E-state index is 11.8. The van der Waals surface area contributed by atoms with Gasteiger partial charge in [-0.1, -0.05) is 30.3 Å². The maximum absolute atomic E-state index is 11.8. The summed E-state index contributed by atoms with van der Waals surface area (Å²) in [5, 5.41) is 2.89. The minimum absolute atomic E-state index is 0. The van der Waals surface area contributed by atoms with Crippen molar-refractivity contribution >= 4 is 30.7 Å². The van der Waals surface area contributed by atoms with Crippen molar-refractivity contribution in [3.05, 3.63) is 35.9 Å². The van der Waals surface area contributed by atoms with E-state index in [4.69, 9.17) is 10.5 Å². The lowest BCUT2D eigenvalue weighted by atomic mass is 10.0. The van der Waals surface area contributed by atoms with E-state index in [1.54, 1.807) is 7.11 Å². The van der Waals surface area contributed by atoms with E-state index >= 15 is 0 Å². The summed E-state index contributed by atoms with van der Waals surface area (Å²) in [6, 6.07) is 9.43. The quantitative estimate of drug-likeness (QED) is 0.709. The number of hydrogen-bond donors (Lipinski definition) is 2. The zero-order valence-electron chi connectivity index (χ0n) is 13.2. The van der Waals surface area contributed by atoms with Crippen LogP contribution in [0.4, 0.5) is 0 Å². The van der Waals surface area contributed by atoms with Gasteiger partial charge in [0.15, 0.2) is 0 Å². The van der Waals surface area contributed by atoms with Crippen LogP contribution in [0.25, 0.3) is 0 Å². The smallest absolute Gasteiger partial charge is 0.221 e. The Morgan fingerprint density at radius 3 is 2.50 bits per heavy atom. The van der Waals surface area contributed by atoms with E-state index in [0.717, 1.165) is 18.7 Å². The second-order valence-corrected chi connectivity index (χ2v) is 4.87. The Hall–Kier alpha value is -0.850. The van der Waals surface area contributed by atoms with E-state index in [1.165, 1.54) is 0 Å². The summed E-state index contributed by atoms with van der Waals surface area (Å²) in [5.74, 6) is -0.0125. The van der Waals surface area contributed by atoms with Gasteiger partial charge in [-0.05, 0) is 12.6 Å². The number of carbonyl (C=O) groups excluding carboxylic acids is 1. The molecule has 1 aromatic rings. The molecule has 1 aromatic carbocycles. The Kier molecular flexibility index (Phi) is 14.7. The summed E-state index contributed by atoms with van der Waals surface area (Å²) in [6.07, 6.45) is 0.311. The minimum atomic E-state index is -0.248. The molecule has 1 amide bonds. The predicted octanol–water partition coefficient (Wildman–Crippen LogP) is 1.61. The van der Waals surface area contributed by atoms with Crippen LogP contribution in [-0.4, -0.2) is 51.2 Å². The number of amides is 1. The number of halogens is 2. The normalized spacial score (nSPS) is 11.3. The van der Waals surface area contributed by atoms with Gasteiger partial charge >= 0.3 is 0 Å². The van der Waals surface area contributed by atoms with E-state index in [1.807, 2.05) is 37.4 Å². The zero-order chi connectivity index (χ0) is 14.8. The fraction of sp³-hybridized carbons (Fsp3) is 0.533. The molecule has 22 heavy (non-hydrogen) atoms. The third-order valence-electron chi connectivity index (χ3n) is 3.13. The number of hydrogen-bond acceptors (Lipinski definition) is 4. The molecule has 5 nitrogen and oxygen atoms in total. The molecule has 0 bridgehead atoms. The molecule has 0 spiro atoms. The molecule has 7 heteroatoms. The van der Waals surface area contributed by atoms with Crippen LogP contribution in [0, 0.1) is 0 Å². The molecule has 0 radical (unpaired) electrons. The van der Waals surface area contributed by atoms with E-state index in [0.29, 0.717) is 19.6 Å². The van der Waals surface area contributed by atoms with Crippen molar-refractivity contribution in [3.63, 3.8) is 0 Å². The molecule has 0 heterocycles. The van der Waals surface area contributed by atoms with Gasteiger partial charge < -0.3 is 20.7 Å². The van der Waals surface area contributed by atoms with Gasteiger partial charge in [-0.15, -0.1) is 24.8 Å². The molecule has 0 aliphatic carbocycles. The number of rotatable bonds is 9. The van der Waals surface area contributed by atoms with Gasteiger partial charge in [-0.25, -0.2) is 0 Å². The van der Waals surface area contributed by atoms with Crippen molar-refractivity contribution < 1.29 is 9.53 Å². The van der Waals surface area contributed by atoms with Crippen molar-refractivity contribution in [1.82, 2.24) is 10.2 Å². The van der Waals surface area contributed by atoms with Crippen LogP contribution in [0.1, 0.15) is 18.0 Å². The van der Waals surface area contributed by atoms with Crippen LogP contribution in [0.2, 0.25) is 0 Å². The second kappa shape index (κ2) is 13.8. The standard InChI is InChI=1S/C15H25N3O2.2ClH/c1-18(10-11-20-2)9-8-17-15(19)12-14(16)13-6-4-3-5-7-13;;/h3-7,14H,8-12,16H2,1-2H3,(H,17,19);2*1H. The first kappa shape index (κ1) is 23.4. The van der Waals surface area contributed by atoms with E-state index < -0.39 is 0 Å². The molecule has 1 unspecified atom stereocenters. The van der Waals surface area contributed by atoms with Crippen molar-refractivity contribution in [2.75, 3.05) is 40.4 Å². The van der Waals surface area contributed by atoms with Gasteiger partial charge in [0.25, 0.3) is 0 Å². The van der Waals surface area contributed by atoms with Gasteiger partial charge in [0, 0.05) is 39.2 Å². The molecule has 0 aliphatic rings. The molecule has 0 fully saturated rings. The highest BCUT2D eigenvalue weighted by molar-refractivity contribution is 5.85. The average molecular weight is 352 g/mol. The Morgan fingerprint density at radius 2 is 1.91 bits per heavy atom. The average Bonchev–Trinajstić information content (AvgIpc) is 2.46. The topological polar surface area (TPSA) is 67.6 Å². The third kappa shape index (κ3) is 9.97. The number of nitrogens with two attached hydrogens (primary N) is 1. The Morgan fingerprint density at radius 1 is 1.27 bits per heavy atom. The Bertz CT molecular complexity index is 394. The van der Waals surface area contributed by atoms with Crippen LogP contribution in [0.15, 0.2) is 30.3 Å². The fourth-order valence-electron chi connectivity index (χ4n) is 1.84.